The Morgan fingerprint density at radius 1 is 1.60 bits per heavy atom. The third-order valence-electron chi connectivity index (χ3n) is 2.54. The molecule has 1 fully saturated rings. The van der Waals surface area contributed by atoms with Gasteiger partial charge in [0.25, 0.3) is 0 Å². The van der Waals surface area contributed by atoms with Crippen LogP contribution in [-0.2, 0) is 0 Å². The first kappa shape index (κ1) is 8.02. The van der Waals surface area contributed by atoms with Crippen LogP contribution in [0.1, 0.15) is 13.8 Å². The first-order valence-corrected chi connectivity index (χ1v) is 3.85. The number of aliphatic hydroxyl groups is 1. The maximum absolute atomic E-state index is 8.99. The standard InChI is InChI=1S/C8H17NO/c1-8(2)6-9(3)4-7(8)5-10/h7,10H,4-6H2,1-3H3/t7-/m0/s1. The number of hydrogen-bond donors (Lipinski definition) is 1. The van der Waals surface area contributed by atoms with Crippen molar-refractivity contribution in [2.45, 2.75) is 13.8 Å². The van der Waals surface area contributed by atoms with Crippen LogP contribution >= 0.6 is 0 Å². The van der Waals surface area contributed by atoms with E-state index in [1.807, 2.05) is 0 Å². The van der Waals surface area contributed by atoms with Crippen LogP contribution in [0.3, 0.4) is 0 Å². The smallest absolute Gasteiger partial charge is 0.0477 e. The predicted molar refractivity (Wildman–Crippen MR) is 41.9 cm³/mol. The molecule has 0 aromatic rings. The zero-order valence-electron chi connectivity index (χ0n) is 7.09. The van der Waals surface area contributed by atoms with Crippen LogP contribution in [-0.4, -0.2) is 36.8 Å². The van der Waals surface area contributed by atoms with E-state index >= 15 is 0 Å². The Bertz CT molecular complexity index is 122. The largest absolute Gasteiger partial charge is 0.396 e. The van der Waals surface area contributed by atoms with Crippen LogP contribution in [0.2, 0.25) is 0 Å². The lowest BCUT2D eigenvalue weighted by Gasteiger charge is -2.23. The van der Waals surface area contributed by atoms with Gasteiger partial charge in [0.1, 0.15) is 0 Å². The summed E-state index contributed by atoms with van der Waals surface area (Å²) in [7, 11) is 2.11. The molecule has 0 unspecified atom stereocenters. The molecule has 0 aromatic carbocycles. The topological polar surface area (TPSA) is 23.5 Å². The minimum atomic E-state index is 0.309. The summed E-state index contributed by atoms with van der Waals surface area (Å²) >= 11 is 0. The van der Waals surface area contributed by atoms with Gasteiger partial charge in [-0.3, -0.25) is 0 Å². The molecular formula is C8H17NO. The highest BCUT2D eigenvalue weighted by atomic mass is 16.3. The molecule has 2 nitrogen and oxygen atoms in total. The Kier molecular flexibility index (Phi) is 2.02. The van der Waals surface area contributed by atoms with Gasteiger partial charge in [-0.1, -0.05) is 13.8 Å². The van der Waals surface area contributed by atoms with Gasteiger partial charge in [-0.2, -0.15) is 0 Å². The Morgan fingerprint density at radius 3 is 2.40 bits per heavy atom. The summed E-state index contributed by atoms with van der Waals surface area (Å²) in [4.78, 5) is 2.28. The summed E-state index contributed by atoms with van der Waals surface area (Å²) in [6, 6.07) is 0. The fourth-order valence-electron chi connectivity index (χ4n) is 1.82. The van der Waals surface area contributed by atoms with E-state index in [2.05, 4.69) is 25.8 Å². The summed E-state index contributed by atoms with van der Waals surface area (Å²) in [6.45, 7) is 6.92. The summed E-state index contributed by atoms with van der Waals surface area (Å²) < 4.78 is 0. The third kappa shape index (κ3) is 1.32. The Hall–Kier alpha value is -0.0800. The van der Waals surface area contributed by atoms with E-state index in [4.69, 9.17) is 5.11 Å². The molecule has 1 aliphatic rings. The summed E-state index contributed by atoms with van der Waals surface area (Å²) in [5.74, 6) is 0.470. The zero-order chi connectivity index (χ0) is 7.78. The van der Waals surface area contributed by atoms with Crippen LogP contribution in [0, 0.1) is 11.3 Å². The highest BCUT2D eigenvalue weighted by molar-refractivity contribution is 4.88. The van der Waals surface area contributed by atoms with Crippen LogP contribution in [0.25, 0.3) is 0 Å². The van der Waals surface area contributed by atoms with Crippen molar-refractivity contribution in [3.05, 3.63) is 0 Å². The fraction of sp³-hybridized carbons (Fsp3) is 1.00. The van der Waals surface area contributed by atoms with Gasteiger partial charge in [0.2, 0.25) is 0 Å². The van der Waals surface area contributed by atoms with Crippen molar-refractivity contribution in [3.8, 4) is 0 Å². The molecule has 1 saturated heterocycles. The first-order chi connectivity index (χ1) is 4.56. The molecule has 0 aliphatic carbocycles. The average molecular weight is 143 g/mol. The highest BCUT2D eigenvalue weighted by Gasteiger charge is 2.36. The third-order valence-corrected chi connectivity index (χ3v) is 2.54. The number of likely N-dealkylation sites (tertiary alicyclic amines) is 1. The molecule has 10 heavy (non-hydrogen) atoms. The van der Waals surface area contributed by atoms with Crippen LogP contribution in [0.4, 0.5) is 0 Å². The lowest BCUT2D eigenvalue weighted by Crippen LogP contribution is -2.24. The van der Waals surface area contributed by atoms with Crippen molar-refractivity contribution >= 4 is 0 Å². The van der Waals surface area contributed by atoms with Crippen molar-refractivity contribution in [2.75, 3.05) is 26.7 Å². The molecule has 1 atom stereocenters. The van der Waals surface area contributed by atoms with Crippen LogP contribution in [0.15, 0.2) is 0 Å². The zero-order valence-corrected chi connectivity index (χ0v) is 7.09. The average Bonchev–Trinajstić information content (AvgIpc) is 2.04. The maximum Gasteiger partial charge on any atom is 0.0477 e. The van der Waals surface area contributed by atoms with Crippen molar-refractivity contribution in [1.82, 2.24) is 4.90 Å². The molecule has 0 saturated carbocycles. The van der Waals surface area contributed by atoms with Gasteiger partial charge in [-0.15, -0.1) is 0 Å². The first-order valence-electron chi connectivity index (χ1n) is 3.85. The van der Waals surface area contributed by atoms with E-state index in [1.165, 1.54) is 0 Å². The summed E-state index contributed by atoms with van der Waals surface area (Å²) in [6.07, 6.45) is 0. The van der Waals surface area contributed by atoms with Crippen molar-refractivity contribution in [3.63, 3.8) is 0 Å². The number of hydrogen-bond acceptors (Lipinski definition) is 2. The van der Waals surface area contributed by atoms with Gasteiger partial charge >= 0.3 is 0 Å². The Balaban J connectivity index is 2.58. The van der Waals surface area contributed by atoms with E-state index < -0.39 is 0 Å². The minimum absolute atomic E-state index is 0.309. The second-order valence-corrected chi connectivity index (χ2v) is 4.06. The van der Waals surface area contributed by atoms with Crippen molar-refractivity contribution < 1.29 is 5.11 Å². The number of aliphatic hydroxyl groups excluding tert-OH is 1. The molecule has 1 aliphatic heterocycles. The molecule has 60 valence electrons. The van der Waals surface area contributed by atoms with E-state index in [0.717, 1.165) is 13.1 Å². The highest BCUT2D eigenvalue weighted by Crippen LogP contribution is 2.33. The molecule has 0 aromatic heterocycles. The molecule has 0 bridgehead atoms. The molecule has 1 N–H and O–H groups in total. The van der Waals surface area contributed by atoms with E-state index in [9.17, 15) is 0 Å². The van der Waals surface area contributed by atoms with Gasteiger partial charge in [-0.05, 0) is 12.5 Å². The lowest BCUT2D eigenvalue weighted by atomic mass is 9.83. The lowest BCUT2D eigenvalue weighted by molar-refractivity contribution is 0.161. The predicted octanol–water partition coefficient (Wildman–Crippen LogP) is 0.566. The van der Waals surface area contributed by atoms with E-state index in [-0.39, 0.29) is 0 Å². The maximum atomic E-state index is 8.99. The SMILES string of the molecule is CN1C[C@@H](CO)C(C)(C)C1. The second-order valence-electron chi connectivity index (χ2n) is 4.06. The van der Waals surface area contributed by atoms with E-state index in [0.29, 0.717) is 17.9 Å². The minimum Gasteiger partial charge on any atom is -0.396 e. The molecular weight excluding hydrogens is 126 g/mol. The number of nitrogens with zero attached hydrogens (tertiary/aromatic N) is 1. The normalized spacial score (nSPS) is 33.0. The van der Waals surface area contributed by atoms with Gasteiger partial charge in [0.15, 0.2) is 0 Å². The van der Waals surface area contributed by atoms with Gasteiger partial charge < -0.3 is 10.0 Å². The van der Waals surface area contributed by atoms with Crippen molar-refractivity contribution in [1.29, 1.82) is 0 Å². The van der Waals surface area contributed by atoms with Crippen molar-refractivity contribution in [2.24, 2.45) is 11.3 Å². The van der Waals surface area contributed by atoms with Gasteiger partial charge in [-0.25, -0.2) is 0 Å². The Morgan fingerprint density at radius 2 is 2.20 bits per heavy atom. The summed E-state index contributed by atoms with van der Waals surface area (Å²) in [5, 5.41) is 8.99. The molecule has 0 radical (unpaired) electrons. The fourth-order valence-corrected chi connectivity index (χ4v) is 1.82. The summed E-state index contributed by atoms with van der Waals surface area (Å²) in [5.41, 5.74) is 0.309. The van der Waals surface area contributed by atoms with Gasteiger partial charge in [0.05, 0.1) is 0 Å². The second kappa shape index (κ2) is 2.51. The van der Waals surface area contributed by atoms with Crippen LogP contribution < -0.4 is 0 Å². The monoisotopic (exact) mass is 143 g/mol. The van der Waals surface area contributed by atoms with Gasteiger partial charge in [0, 0.05) is 25.6 Å². The number of rotatable bonds is 1. The quantitative estimate of drug-likeness (QED) is 0.580. The molecule has 1 heterocycles. The molecule has 0 spiro atoms. The molecule has 1 rings (SSSR count). The van der Waals surface area contributed by atoms with Crippen LogP contribution in [0.5, 0.6) is 0 Å². The van der Waals surface area contributed by atoms with E-state index in [1.54, 1.807) is 0 Å². The Labute approximate surface area is 62.8 Å². The molecule has 2 heteroatoms. The molecule has 0 amide bonds.